The fourth-order valence-corrected chi connectivity index (χ4v) is 4.59. The topological polar surface area (TPSA) is 82.0 Å². The summed E-state index contributed by atoms with van der Waals surface area (Å²) in [5, 5.41) is 15.6. The van der Waals surface area contributed by atoms with Crippen molar-refractivity contribution >= 4 is 35.2 Å². The molecule has 2 aromatic rings. The highest BCUT2D eigenvalue weighted by atomic mass is 35.5. The van der Waals surface area contributed by atoms with Gasteiger partial charge in [0, 0.05) is 5.75 Å². The minimum atomic E-state index is -0.824. The number of nitrogens with one attached hydrogen (secondary N) is 2. The molecule has 7 heteroatoms. The number of carbonyl (C=O) groups excluding carboxylic acids is 2. The SMILES string of the molecule is N#CC1(NC(=O)CC(NC(=O)c2ccccc2Cl)c2ccccc2)CCSC1. The summed E-state index contributed by atoms with van der Waals surface area (Å²) in [6.45, 7) is 0. The molecule has 5 nitrogen and oxygen atoms in total. The highest BCUT2D eigenvalue weighted by Gasteiger charge is 2.36. The van der Waals surface area contributed by atoms with Crippen molar-refractivity contribution in [3.8, 4) is 6.07 Å². The molecule has 0 aromatic heterocycles. The predicted octanol–water partition coefficient (Wildman–Crippen LogP) is 3.72. The second-order valence-electron chi connectivity index (χ2n) is 6.67. The summed E-state index contributed by atoms with van der Waals surface area (Å²) in [7, 11) is 0. The lowest BCUT2D eigenvalue weighted by Gasteiger charge is -2.24. The third-order valence-corrected chi connectivity index (χ3v) is 6.15. The maximum atomic E-state index is 12.7. The molecule has 2 N–H and O–H groups in total. The van der Waals surface area contributed by atoms with E-state index in [0.29, 0.717) is 22.8 Å². The molecule has 2 aromatic carbocycles. The molecule has 1 aliphatic heterocycles. The average molecular weight is 414 g/mol. The zero-order valence-electron chi connectivity index (χ0n) is 15.2. The van der Waals surface area contributed by atoms with Crippen LogP contribution in [0.4, 0.5) is 0 Å². The van der Waals surface area contributed by atoms with Gasteiger partial charge in [-0.25, -0.2) is 0 Å². The lowest BCUT2D eigenvalue weighted by Crippen LogP contribution is -2.48. The first kappa shape index (κ1) is 20.2. The molecule has 0 aliphatic carbocycles. The van der Waals surface area contributed by atoms with Crippen LogP contribution in [0.3, 0.4) is 0 Å². The summed E-state index contributed by atoms with van der Waals surface area (Å²) < 4.78 is 0. The first-order valence-electron chi connectivity index (χ1n) is 8.93. The van der Waals surface area contributed by atoms with E-state index in [1.807, 2.05) is 30.3 Å². The summed E-state index contributed by atoms with van der Waals surface area (Å²) in [4.78, 5) is 25.4. The number of nitriles is 1. The van der Waals surface area contributed by atoms with Crippen molar-refractivity contribution in [1.82, 2.24) is 10.6 Å². The Kier molecular flexibility index (Phi) is 6.61. The minimum absolute atomic E-state index is 0.0360. The fraction of sp³-hybridized carbons (Fsp3) is 0.286. The lowest BCUT2D eigenvalue weighted by atomic mass is 9.98. The molecule has 0 spiro atoms. The van der Waals surface area contributed by atoms with Crippen LogP contribution >= 0.6 is 23.4 Å². The molecule has 3 rings (SSSR count). The molecular formula is C21H20ClN3O2S. The molecular weight excluding hydrogens is 394 g/mol. The van der Waals surface area contributed by atoms with Gasteiger partial charge in [0.05, 0.1) is 29.1 Å². The number of rotatable bonds is 6. The van der Waals surface area contributed by atoms with Crippen LogP contribution in [0.1, 0.15) is 34.8 Å². The molecule has 1 saturated heterocycles. The normalized spacial score (nSPS) is 19.4. The monoisotopic (exact) mass is 413 g/mol. The largest absolute Gasteiger partial charge is 0.345 e. The second-order valence-corrected chi connectivity index (χ2v) is 8.18. The number of hydrogen-bond donors (Lipinski definition) is 2. The number of halogens is 1. The first-order chi connectivity index (χ1) is 13.5. The van der Waals surface area contributed by atoms with Gasteiger partial charge in [0.1, 0.15) is 5.54 Å². The van der Waals surface area contributed by atoms with E-state index in [9.17, 15) is 14.9 Å². The Balaban J connectivity index is 1.76. The number of amides is 2. The Bertz CT molecular complexity index is 892. The fourth-order valence-electron chi connectivity index (χ4n) is 3.10. The summed E-state index contributed by atoms with van der Waals surface area (Å²) in [5.41, 5.74) is 0.339. The summed E-state index contributed by atoms with van der Waals surface area (Å²) in [5.74, 6) is 0.812. The summed E-state index contributed by atoms with van der Waals surface area (Å²) in [6, 6.07) is 17.8. The van der Waals surface area contributed by atoms with Gasteiger partial charge in [0.15, 0.2) is 0 Å². The molecule has 2 amide bonds. The molecule has 2 unspecified atom stereocenters. The number of hydrogen-bond acceptors (Lipinski definition) is 4. The molecule has 1 heterocycles. The van der Waals surface area contributed by atoms with Crippen LogP contribution < -0.4 is 10.6 Å². The van der Waals surface area contributed by atoms with E-state index < -0.39 is 11.6 Å². The zero-order chi connectivity index (χ0) is 20.0. The molecule has 1 aliphatic rings. The molecule has 144 valence electrons. The van der Waals surface area contributed by atoms with E-state index >= 15 is 0 Å². The lowest BCUT2D eigenvalue weighted by molar-refractivity contribution is -0.122. The van der Waals surface area contributed by atoms with E-state index in [4.69, 9.17) is 11.6 Å². The van der Waals surface area contributed by atoms with Gasteiger partial charge in [-0.2, -0.15) is 17.0 Å². The van der Waals surface area contributed by atoms with Crippen LogP contribution in [0.15, 0.2) is 54.6 Å². The maximum absolute atomic E-state index is 12.7. The van der Waals surface area contributed by atoms with Gasteiger partial charge in [-0.1, -0.05) is 54.1 Å². The molecule has 1 fully saturated rings. The maximum Gasteiger partial charge on any atom is 0.253 e. The van der Waals surface area contributed by atoms with Gasteiger partial charge in [0.25, 0.3) is 5.91 Å². The van der Waals surface area contributed by atoms with Crippen LogP contribution in [0.2, 0.25) is 5.02 Å². The third-order valence-electron chi connectivity index (χ3n) is 4.63. The summed E-state index contributed by atoms with van der Waals surface area (Å²) in [6.07, 6.45) is 0.663. The van der Waals surface area contributed by atoms with E-state index in [0.717, 1.165) is 11.3 Å². The quantitative estimate of drug-likeness (QED) is 0.756. The first-order valence-corrected chi connectivity index (χ1v) is 10.5. The van der Waals surface area contributed by atoms with E-state index in [-0.39, 0.29) is 18.2 Å². The molecule has 0 radical (unpaired) electrons. The van der Waals surface area contributed by atoms with Gasteiger partial charge in [-0.3, -0.25) is 9.59 Å². The van der Waals surface area contributed by atoms with Crippen LogP contribution in [0, 0.1) is 11.3 Å². The standard InChI is InChI=1S/C21H20ClN3O2S/c22-17-9-5-4-8-16(17)20(27)24-18(15-6-2-1-3-7-15)12-19(26)25-21(13-23)10-11-28-14-21/h1-9,18H,10-12,14H2,(H,24,27)(H,25,26). The van der Waals surface area contributed by atoms with Crippen molar-refractivity contribution in [3.63, 3.8) is 0 Å². The van der Waals surface area contributed by atoms with Gasteiger partial charge >= 0.3 is 0 Å². The van der Waals surface area contributed by atoms with Gasteiger partial charge in [0.2, 0.25) is 5.91 Å². The Hall–Kier alpha value is -2.49. The zero-order valence-corrected chi connectivity index (χ0v) is 16.7. The Morgan fingerprint density at radius 3 is 2.54 bits per heavy atom. The number of nitrogens with zero attached hydrogens (tertiary/aromatic N) is 1. The number of benzene rings is 2. The van der Waals surface area contributed by atoms with Gasteiger partial charge in [-0.05, 0) is 29.9 Å². The number of carbonyl (C=O) groups is 2. The molecule has 0 saturated carbocycles. The van der Waals surface area contributed by atoms with Crippen molar-refractivity contribution in [3.05, 3.63) is 70.7 Å². The van der Waals surface area contributed by atoms with Crippen molar-refractivity contribution < 1.29 is 9.59 Å². The van der Waals surface area contributed by atoms with Crippen LogP contribution in [-0.4, -0.2) is 28.9 Å². The van der Waals surface area contributed by atoms with E-state index in [1.54, 1.807) is 36.0 Å². The molecule has 0 bridgehead atoms. The average Bonchev–Trinajstić information content (AvgIpc) is 3.17. The van der Waals surface area contributed by atoms with Gasteiger partial charge in [-0.15, -0.1) is 0 Å². The smallest absolute Gasteiger partial charge is 0.253 e. The molecule has 2 atom stereocenters. The Morgan fingerprint density at radius 2 is 1.89 bits per heavy atom. The van der Waals surface area contributed by atoms with E-state index in [2.05, 4.69) is 16.7 Å². The highest BCUT2D eigenvalue weighted by molar-refractivity contribution is 7.99. The van der Waals surface area contributed by atoms with Crippen LogP contribution in [0.25, 0.3) is 0 Å². The van der Waals surface area contributed by atoms with Gasteiger partial charge < -0.3 is 10.6 Å². The minimum Gasteiger partial charge on any atom is -0.345 e. The van der Waals surface area contributed by atoms with E-state index in [1.165, 1.54) is 0 Å². The van der Waals surface area contributed by atoms with Crippen molar-refractivity contribution in [1.29, 1.82) is 5.26 Å². The van der Waals surface area contributed by atoms with Crippen molar-refractivity contribution in [2.75, 3.05) is 11.5 Å². The highest BCUT2D eigenvalue weighted by Crippen LogP contribution is 2.28. The Labute approximate surface area is 173 Å². The predicted molar refractivity (Wildman–Crippen MR) is 111 cm³/mol. The Morgan fingerprint density at radius 1 is 1.18 bits per heavy atom. The van der Waals surface area contributed by atoms with Crippen molar-refractivity contribution in [2.24, 2.45) is 0 Å². The second kappa shape index (κ2) is 9.13. The van der Waals surface area contributed by atoms with Crippen LogP contribution in [-0.2, 0) is 4.79 Å². The summed E-state index contributed by atoms with van der Waals surface area (Å²) >= 11 is 7.78. The van der Waals surface area contributed by atoms with Crippen molar-refractivity contribution in [2.45, 2.75) is 24.4 Å². The van der Waals surface area contributed by atoms with Crippen LogP contribution in [0.5, 0.6) is 0 Å². The number of thioether (sulfide) groups is 1. The third kappa shape index (κ3) is 4.86. The molecule has 28 heavy (non-hydrogen) atoms.